The van der Waals surface area contributed by atoms with Gasteiger partial charge < -0.3 is 4.74 Å². The van der Waals surface area contributed by atoms with Crippen molar-refractivity contribution in [3.05, 3.63) is 101 Å². The summed E-state index contributed by atoms with van der Waals surface area (Å²) in [5.74, 6) is -0.769. The van der Waals surface area contributed by atoms with Gasteiger partial charge in [0, 0.05) is 27.5 Å². The molecule has 2 nitrogen and oxygen atoms in total. The molecular weight excluding hydrogens is 383 g/mol. The molecule has 29 heavy (non-hydrogen) atoms. The van der Waals surface area contributed by atoms with Crippen LogP contribution in [0.3, 0.4) is 0 Å². The second-order valence-corrected chi connectivity index (χ2v) is 9.40. The van der Waals surface area contributed by atoms with Crippen LogP contribution in [0.4, 0.5) is 4.39 Å². The van der Waals surface area contributed by atoms with Crippen LogP contribution in [0.25, 0.3) is 15.0 Å². The molecule has 0 bridgehead atoms. The van der Waals surface area contributed by atoms with Crippen LogP contribution in [-0.4, -0.2) is 5.97 Å². The second kappa shape index (κ2) is 7.45. The molecule has 1 aromatic heterocycles. The highest BCUT2D eigenvalue weighted by atomic mass is 32.2. The van der Waals surface area contributed by atoms with Gasteiger partial charge in [0.05, 0.1) is 5.56 Å². The number of esters is 1. The average molecular weight is 406 g/mol. The van der Waals surface area contributed by atoms with E-state index < -0.39 is 11.6 Å². The number of carbonyl (C=O) groups excluding carboxylic acids is 1. The summed E-state index contributed by atoms with van der Waals surface area (Å²) in [6.07, 6.45) is 0. The third-order valence-corrected chi connectivity index (χ3v) is 7.22. The SMILES string of the molecule is Cc1c[s+](-c2cccc(C(=O)OC(C)(C)c3cccc(F)c3)c2)c2ccccc12. The lowest BCUT2D eigenvalue weighted by atomic mass is 9.98. The number of carbonyl (C=O) groups is 1. The molecule has 4 rings (SSSR count). The van der Waals surface area contributed by atoms with E-state index in [9.17, 15) is 9.18 Å². The Balaban J connectivity index is 1.66. The van der Waals surface area contributed by atoms with Crippen molar-refractivity contribution in [3.8, 4) is 4.90 Å². The summed E-state index contributed by atoms with van der Waals surface area (Å²) in [5, 5.41) is 3.52. The zero-order valence-corrected chi connectivity index (χ0v) is 17.4. The first-order chi connectivity index (χ1) is 13.8. The number of halogens is 1. The van der Waals surface area contributed by atoms with Gasteiger partial charge in [-0.25, -0.2) is 9.18 Å². The van der Waals surface area contributed by atoms with E-state index >= 15 is 0 Å². The highest BCUT2D eigenvalue weighted by Gasteiger charge is 2.27. The Labute approximate surface area is 172 Å². The van der Waals surface area contributed by atoms with Crippen molar-refractivity contribution in [2.24, 2.45) is 0 Å². The maximum Gasteiger partial charge on any atom is 0.339 e. The van der Waals surface area contributed by atoms with Crippen LogP contribution in [0.15, 0.2) is 78.2 Å². The van der Waals surface area contributed by atoms with Crippen molar-refractivity contribution in [2.45, 2.75) is 26.4 Å². The molecule has 0 spiro atoms. The molecule has 146 valence electrons. The van der Waals surface area contributed by atoms with E-state index in [1.54, 1.807) is 32.0 Å². The van der Waals surface area contributed by atoms with Gasteiger partial charge in [-0.2, -0.15) is 0 Å². The summed E-state index contributed by atoms with van der Waals surface area (Å²) < 4.78 is 20.6. The van der Waals surface area contributed by atoms with Crippen LogP contribution in [0.2, 0.25) is 0 Å². The maximum absolute atomic E-state index is 13.6. The second-order valence-electron chi connectivity index (χ2n) is 7.57. The zero-order chi connectivity index (χ0) is 20.6. The molecule has 0 aliphatic rings. The normalized spacial score (nSPS) is 12.2. The van der Waals surface area contributed by atoms with Crippen LogP contribution in [0.1, 0.15) is 35.3 Å². The number of fused-ring (bicyclic) bond motifs is 1. The van der Waals surface area contributed by atoms with Crippen LogP contribution >= 0.6 is 10.5 Å². The van der Waals surface area contributed by atoms with Crippen molar-refractivity contribution >= 4 is 26.5 Å². The number of rotatable bonds is 4. The fourth-order valence-corrected chi connectivity index (χ4v) is 5.62. The Morgan fingerprint density at radius 1 is 0.966 bits per heavy atom. The van der Waals surface area contributed by atoms with E-state index in [1.807, 2.05) is 30.3 Å². The first-order valence-electron chi connectivity index (χ1n) is 9.45. The van der Waals surface area contributed by atoms with Crippen LogP contribution in [0.5, 0.6) is 0 Å². The molecule has 3 aromatic carbocycles. The third kappa shape index (κ3) is 3.81. The van der Waals surface area contributed by atoms with Gasteiger partial charge in [-0.05, 0) is 62.7 Å². The summed E-state index contributed by atoms with van der Waals surface area (Å²) in [6.45, 7) is 5.65. The first-order valence-corrected chi connectivity index (χ1v) is 10.7. The monoisotopic (exact) mass is 405 g/mol. The topological polar surface area (TPSA) is 26.3 Å². The molecule has 0 aliphatic heterocycles. The number of thiophene rings is 1. The van der Waals surface area contributed by atoms with Gasteiger partial charge in [-0.1, -0.05) is 30.3 Å². The Bertz CT molecular complexity index is 1210. The Hall–Kier alpha value is -2.98. The quantitative estimate of drug-likeness (QED) is 0.267. The number of hydrogen-bond acceptors (Lipinski definition) is 2. The Kier molecular flexibility index (Phi) is 4.97. The molecule has 4 heteroatoms. The van der Waals surface area contributed by atoms with Crippen molar-refractivity contribution in [1.82, 2.24) is 0 Å². The van der Waals surface area contributed by atoms with Gasteiger partial charge in [-0.3, -0.25) is 0 Å². The predicted octanol–water partition coefficient (Wildman–Crippen LogP) is 7.12. The number of aryl methyl sites for hydroxylation is 1. The minimum atomic E-state index is -0.937. The third-order valence-electron chi connectivity index (χ3n) is 5.03. The molecule has 0 N–H and O–H groups in total. The Morgan fingerprint density at radius 2 is 1.72 bits per heavy atom. The maximum atomic E-state index is 13.6. The van der Waals surface area contributed by atoms with Crippen molar-refractivity contribution < 1.29 is 13.9 Å². The zero-order valence-electron chi connectivity index (χ0n) is 16.6. The number of hydrogen-bond donors (Lipinski definition) is 0. The molecule has 4 aromatic rings. The number of ether oxygens (including phenoxy) is 1. The first kappa shape index (κ1) is 19.3. The molecule has 0 saturated heterocycles. The molecule has 1 atom stereocenters. The summed E-state index contributed by atoms with van der Waals surface area (Å²) in [6, 6.07) is 22.1. The smallest absolute Gasteiger partial charge is 0.339 e. The molecule has 1 heterocycles. The van der Waals surface area contributed by atoms with E-state index in [2.05, 4.69) is 24.4 Å². The van der Waals surface area contributed by atoms with Gasteiger partial charge in [0.1, 0.15) is 16.8 Å². The Morgan fingerprint density at radius 3 is 2.52 bits per heavy atom. The molecular formula is C25H22FO2S+. The van der Waals surface area contributed by atoms with Gasteiger partial charge in [0.25, 0.3) is 0 Å². The summed E-state index contributed by atoms with van der Waals surface area (Å²) in [7, 11) is -0.204. The largest absolute Gasteiger partial charge is 0.451 e. The molecule has 0 aliphatic carbocycles. The molecule has 0 radical (unpaired) electrons. The van der Waals surface area contributed by atoms with E-state index in [-0.39, 0.29) is 16.3 Å². The van der Waals surface area contributed by atoms with Crippen molar-refractivity contribution in [2.75, 3.05) is 0 Å². The lowest BCUT2D eigenvalue weighted by molar-refractivity contribution is -0.00324. The molecule has 0 saturated carbocycles. The van der Waals surface area contributed by atoms with E-state index in [0.29, 0.717) is 11.1 Å². The highest BCUT2D eigenvalue weighted by molar-refractivity contribution is 7.43. The van der Waals surface area contributed by atoms with Gasteiger partial charge in [0.15, 0.2) is 9.60 Å². The van der Waals surface area contributed by atoms with Crippen LogP contribution in [0, 0.1) is 12.7 Å². The minimum absolute atomic E-state index is 0.204. The van der Waals surface area contributed by atoms with E-state index in [4.69, 9.17) is 4.74 Å². The fraction of sp³-hybridized carbons (Fsp3) is 0.160. The van der Waals surface area contributed by atoms with Crippen molar-refractivity contribution in [1.29, 1.82) is 0 Å². The van der Waals surface area contributed by atoms with E-state index in [0.717, 1.165) is 4.90 Å². The number of benzene rings is 3. The standard InChI is InChI=1S/C25H22FO2S/c1-17-16-29(23-13-5-4-12-22(17)23)21-11-6-8-18(14-21)24(27)28-25(2,3)19-9-7-10-20(26)15-19/h4-16H,1-3H3/q+1. The lowest BCUT2D eigenvalue weighted by Crippen LogP contribution is -2.25. The lowest BCUT2D eigenvalue weighted by Gasteiger charge is -2.25. The predicted molar refractivity (Wildman–Crippen MR) is 117 cm³/mol. The average Bonchev–Trinajstić information content (AvgIpc) is 3.05. The van der Waals surface area contributed by atoms with Crippen molar-refractivity contribution in [3.63, 3.8) is 0 Å². The summed E-state index contributed by atoms with van der Waals surface area (Å²) >= 11 is 0. The minimum Gasteiger partial charge on any atom is -0.451 e. The fourth-order valence-electron chi connectivity index (χ4n) is 3.46. The summed E-state index contributed by atoms with van der Waals surface area (Å²) in [5.41, 5.74) is 1.43. The molecule has 1 unspecified atom stereocenters. The molecule has 0 amide bonds. The van der Waals surface area contributed by atoms with Gasteiger partial charge in [0.2, 0.25) is 0 Å². The van der Waals surface area contributed by atoms with E-state index in [1.165, 1.54) is 27.8 Å². The van der Waals surface area contributed by atoms with Gasteiger partial charge in [-0.15, -0.1) is 0 Å². The highest BCUT2D eigenvalue weighted by Crippen LogP contribution is 2.42. The summed E-state index contributed by atoms with van der Waals surface area (Å²) in [4.78, 5) is 13.9. The van der Waals surface area contributed by atoms with Gasteiger partial charge >= 0.3 is 5.97 Å². The molecule has 0 fully saturated rings. The van der Waals surface area contributed by atoms with Crippen LogP contribution < -0.4 is 0 Å². The van der Waals surface area contributed by atoms with Crippen LogP contribution in [-0.2, 0) is 10.3 Å².